The van der Waals surface area contributed by atoms with Gasteiger partial charge in [0.2, 0.25) is 11.8 Å². The molecule has 16 heteroatoms. The van der Waals surface area contributed by atoms with E-state index < -0.39 is 42.5 Å². The van der Waals surface area contributed by atoms with Crippen molar-refractivity contribution in [2.24, 2.45) is 16.3 Å². The van der Waals surface area contributed by atoms with Gasteiger partial charge in [-0.1, -0.05) is 29.3 Å². The van der Waals surface area contributed by atoms with Crippen LogP contribution in [0.4, 0.5) is 33.5 Å². The van der Waals surface area contributed by atoms with Crippen LogP contribution >= 0.6 is 23.2 Å². The van der Waals surface area contributed by atoms with Gasteiger partial charge in [0.15, 0.2) is 12.4 Å². The highest BCUT2D eigenvalue weighted by Crippen LogP contribution is 2.39. The summed E-state index contributed by atoms with van der Waals surface area (Å²) < 4.78 is 75.4. The molecule has 2 aliphatic heterocycles. The number of rotatable bonds is 9. The average molecular weight is 678 g/mol. The first-order valence-electron chi connectivity index (χ1n) is 14.2. The number of hydrogen-bond donors (Lipinski definition) is 3. The molecule has 3 aliphatic rings. The van der Waals surface area contributed by atoms with Crippen molar-refractivity contribution in [2.75, 3.05) is 25.1 Å². The number of nitrogens with one attached hydrogen (secondary N) is 3. The molecule has 2 fully saturated rings. The molecule has 2 amide bonds. The normalized spacial score (nSPS) is 20.6. The SMILES string of the molecule is CC1(C(=O)NCc2ccc(Cl)c(NC3=Nc4nc(OCC(F)F)c(C(=O)NC5CCC(C(F)(F)F)CC5)cc4C3)c2Cl)COC1. The van der Waals surface area contributed by atoms with Gasteiger partial charge in [-0.25, -0.2) is 13.8 Å². The summed E-state index contributed by atoms with van der Waals surface area (Å²) in [4.78, 5) is 34.3. The Bertz CT molecular complexity index is 1490. The minimum atomic E-state index is -4.30. The Morgan fingerprint density at radius 3 is 2.49 bits per heavy atom. The van der Waals surface area contributed by atoms with Gasteiger partial charge in [-0.2, -0.15) is 18.2 Å². The van der Waals surface area contributed by atoms with E-state index in [0.29, 0.717) is 35.9 Å². The zero-order valence-electron chi connectivity index (χ0n) is 24.0. The van der Waals surface area contributed by atoms with Crippen molar-refractivity contribution < 1.29 is 41.0 Å². The highest BCUT2D eigenvalue weighted by Gasteiger charge is 2.42. The van der Waals surface area contributed by atoms with Crippen LogP contribution in [0.15, 0.2) is 23.2 Å². The van der Waals surface area contributed by atoms with Crippen LogP contribution in [-0.4, -0.2) is 61.1 Å². The molecule has 1 saturated carbocycles. The molecular formula is C29H30Cl2F5N5O4. The van der Waals surface area contributed by atoms with E-state index in [4.69, 9.17) is 32.7 Å². The Morgan fingerprint density at radius 1 is 1.16 bits per heavy atom. The molecule has 3 N–H and O–H groups in total. The van der Waals surface area contributed by atoms with Crippen LogP contribution in [0.5, 0.6) is 5.88 Å². The van der Waals surface area contributed by atoms with Crippen molar-refractivity contribution in [1.29, 1.82) is 0 Å². The Morgan fingerprint density at radius 2 is 1.87 bits per heavy atom. The Labute approximate surface area is 265 Å². The first-order chi connectivity index (χ1) is 21.2. The molecule has 1 aliphatic carbocycles. The summed E-state index contributed by atoms with van der Waals surface area (Å²) in [5.41, 5.74) is 0.636. The predicted octanol–water partition coefficient (Wildman–Crippen LogP) is 6.23. The van der Waals surface area contributed by atoms with Crippen LogP contribution in [0, 0.1) is 11.3 Å². The van der Waals surface area contributed by atoms with Gasteiger partial charge >= 0.3 is 6.18 Å². The summed E-state index contributed by atoms with van der Waals surface area (Å²) in [6.45, 7) is 1.56. The molecular weight excluding hydrogens is 648 g/mol. The van der Waals surface area contributed by atoms with E-state index in [0.717, 1.165) is 0 Å². The minimum absolute atomic E-state index is 0.121. The topological polar surface area (TPSA) is 114 Å². The van der Waals surface area contributed by atoms with Gasteiger partial charge in [0, 0.05) is 24.6 Å². The zero-order chi connectivity index (χ0) is 32.5. The average Bonchev–Trinajstić information content (AvgIpc) is 3.37. The molecule has 3 heterocycles. The summed E-state index contributed by atoms with van der Waals surface area (Å²) in [7, 11) is 0. The molecule has 45 heavy (non-hydrogen) atoms. The number of amides is 2. The first kappa shape index (κ1) is 33.1. The number of alkyl halides is 5. The standard InChI is InChI=1S/C29H30Cl2F5N5O4/c1-28(12-44-13-28)27(43)37-10-14-2-7-19(30)23(22(14)31)39-21-9-15-8-18(26(41-24(15)40-21)45-11-20(32)33)25(42)38-17-5-3-16(4-6-17)29(34,35)36/h2,7-8,16-17,20H,3-6,9-13H2,1H3,(H,37,43)(H,38,42)(H,39,40,41). The molecule has 1 saturated heterocycles. The zero-order valence-corrected chi connectivity index (χ0v) is 25.5. The second kappa shape index (κ2) is 13.2. The number of aromatic nitrogens is 1. The molecule has 0 spiro atoms. The quantitative estimate of drug-likeness (QED) is 0.271. The van der Waals surface area contributed by atoms with Gasteiger partial charge in [-0.05, 0) is 50.3 Å². The highest BCUT2D eigenvalue weighted by atomic mass is 35.5. The number of anilines is 1. The molecule has 0 unspecified atom stereocenters. The van der Waals surface area contributed by atoms with Crippen LogP contribution < -0.4 is 20.7 Å². The van der Waals surface area contributed by atoms with E-state index in [1.165, 1.54) is 6.07 Å². The number of carbonyl (C=O) groups excluding carboxylic acids is 2. The van der Waals surface area contributed by atoms with Crippen molar-refractivity contribution in [3.8, 4) is 5.88 Å². The number of hydrogen-bond acceptors (Lipinski definition) is 7. The molecule has 1 aromatic carbocycles. The van der Waals surface area contributed by atoms with Gasteiger partial charge in [-0.3, -0.25) is 9.59 Å². The Balaban J connectivity index is 1.29. The fraction of sp³-hybridized carbons (Fsp3) is 0.517. The molecule has 1 aromatic heterocycles. The van der Waals surface area contributed by atoms with Gasteiger partial charge < -0.3 is 25.4 Å². The number of amidine groups is 1. The molecule has 0 atom stereocenters. The van der Waals surface area contributed by atoms with Crippen molar-refractivity contribution >= 4 is 52.4 Å². The Kier molecular flexibility index (Phi) is 9.76. The second-order valence-electron chi connectivity index (χ2n) is 11.6. The summed E-state index contributed by atoms with van der Waals surface area (Å²) in [6.07, 6.45) is -7.01. The number of halogens is 7. The third-order valence-electron chi connectivity index (χ3n) is 8.03. The smallest absolute Gasteiger partial charge is 0.391 e. The lowest BCUT2D eigenvalue weighted by Crippen LogP contribution is -2.51. The largest absolute Gasteiger partial charge is 0.471 e. The van der Waals surface area contributed by atoms with Crippen LogP contribution in [0.1, 0.15) is 54.1 Å². The summed E-state index contributed by atoms with van der Waals surface area (Å²) in [5, 5.41) is 9.12. The molecule has 9 nitrogen and oxygen atoms in total. The lowest BCUT2D eigenvalue weighted by Gasteiger charge is -2.36. The third kappa shape index (κ3) is 7.60. The molecule has 244 valence electrons. The number of nitrogens with zero attached hydrogens (tertiary/aromatic N) is 2. The maximum absolute atomic E-state index is 13.2. The molecule has 0 radical (unpaired) electrons. The van der Waals surface area contributed by atoms with E-state index in [1.807, 2.05) is 0 Å². The number of pyridine rings is 1. The Hall–Kier alpha value is -3.23. The van der Waals surface area contributed by atoms with Gasteiger partial charge in [0.05, 0.1) is 40.3 Å². The number of ether oxygens (including phenoxy) is 2. The number of aliphatic imine (C=N–C) groups is 1. The molecule has 5 rings (SSSR count). The molecule has 0 bridgehead atoms. The number of fused-ring (bicyclic) bond motifs is 1. The highest BCUT2D eigenvalue weighted by molar-refractivity contribution is 6.40. The van der Waals surface area contributed by atoms with Crippen LogP contribution in [0.2, 0.25) is 10.0 Å². The van der Waals surface area contributed by atoms with Crippen LogP contribution in [-0.2, 0) is 22.5 Å². The van der Waals surface area contributed by atoms with Crippen molar-refractivity contribution in [3.63, 3.8) is 0 Å². The van der Waals surface area contributed by atoms with E-state index in [2.05, 4.69) is 25.9 Å². The minimum Gasteiger partial charge on any atom is -0.471 e. The second-order valence-corrected chi connectivity index (χ2v) is 12.4. The summed E-state index contributed by atoms with van der Waals surface area (Å²) in [5.74, 6) is -2.21. The first-order valence-corrected chi connectivity index (χ1v) is 15.0. The number of carbonyl (C=O) groups is 2. The van der Waals surface area contributed by atoms with E-state index >= 15 is 0 Å². The monoisotopic (exact) mass is 677 g/mol. The van der Waals surface area contributed by atoms with Crippen LogP contribution in [0.25, 0.3) is 0 Å². The van der Waals surface area contributed by atoms with E-state index in [9.17, 15) is 31.5 Å². The lowest BCUT2D eigenvalue weighted by atomic mass is 9.85. The third-order valence-corrected chi connectivity index (χ3v) is 8.77. The van der Waals surface area contributed by atoms with Crippen molar-refractivity contribution in [2.45, 2.75) is 64.2 Å². The number of benzene rings is 1. The predicted molar refractivity (Wildman–Crippen MR) is 157 cm³/mol. The summed E-state index contributed by atoms with van der Waals surface area (Å²) >= 11 is 13.1. The van der Waals surface area contributed by atoms with Gasteiger partial charge in [0.1, 0.15) is 11.4 Å². The van der Waals surface area contributed by atoms with Gasteiger partial charge in [-0.15, -0.1) is 0 Å². The van der Waals surface area contributed by atoms with Crippen molar-refractivity contribution in [3.05, 3.63) is 44.9 Å². The van der Waals surface area contributed by atoms with Crippen molar-refractivity contribution in [1.82, 2.24) is 15.6 Å². The maximum Gasteiger partial charge on any atom is 0.391 e. The lowest BCUT2D eigenvalue weighted by molar-refractivity contribution is -0.182. The van der Waals surface area contributed by atoms with Gasteiger partial charge in [0.25, 0.3) is 12.3 Å². The van der Waals surface area contributed by atoms with E-state index in [1.54, 1.807) is 19.1 Å². The molecule has 2 aromatic rings. The van der Waals surface area contributed by atoms with E-state index in [-0.39, 0.29) is 71.9 Å². The maximum atomic E-state index is 13.2. The fourth-order valence-electron chi connectivity index (χ4n) is 5.34. The van der Waals surface area contributed by atoms with Crippen LogP contribution in [0.3, 0.4) is 0 Å². The summed E-state index contributed by atoms with van der Waals surface area (Å²) in [6, 6.07) is 4.17. The fourth-order valence-corrected chi connectivity index (χ4v) is 5.87.